The first-order chi connectivity index (χ1) is 15.2. The van der Waals surface area contributed by atoms with Crippen molar-refractivity contribution in [1.82, 2.24) is 4.72 Å². The van der Waals surface area contributed by atoms with Crippen LogP contribution in [0.3, 0.4) is 0 Å². The Kier molecular flexibility index (Phi) is 5.92. The molecule has 0 unspecified atom stereocenters. The van der Waals surface area contributed by atoms with Crippen LogP contribution in [0.15, 0.2) is 70.6 Å². The lowest BCUT2D eigenvalue weighted by Gasteiger charge is -2.26. The van der Waals surface area contributed by atoms with Gasteiger partial charge in [0, 0.05) is 5.56 Å². The summed E-state index contributed by atoms with van der Waals surface area (Å²) >= 11 is 0. The zero-order valence-corrected chi connectivity index (χ0v) is 17.9. The van der Waals surface area contributed by atoms with Gasteiger partial charge in [-0.05, 0) is 59.9 Å². The van der Waals surface area contributed by atoms with Gasteiger partial charge in [0.05, 0.1) is 12.2 Å². The van der Waals surface area contributed by atoms with E-state index in [2.05, 4.69) is 15.0 Å². The van der Waals surface area contributed by atoms with Crippen LogP contribution >= 0.6 is 0 Å². The maximum Gasteiger partial charge on any atom is 0.266 e. The Morgan fingerprint density at radius 3 is 2.41 bits per heavy atom. The molecule has 0 aromatic heterocycles. The van der Waals surface area contributed by atoms with E-state index >= 15 is 0 Å². The van der Waals surface area contributed by atoms with E-state index in [1.807, 2.05) is 0 Å². The van der Waals surface area contributed by atoms with Gasteiger partial charge >= 0.3 is 0 Å². The summed E-state index contributed by atoms with van der Waals surface area (Å²) in [7, 11) is -3.99. The average molecular weight is 459 g/mol. The number of sulfonamides is 1. The average Bonchev–Trinajstić information content (AvgIpc) is 2.73. The quantitative estimate of drug-likeness (QED) is 0.581. The molecule has 0 bridgehead atoms. The summed E-state index contributed by atoms with van der Waals surface area (Å²) in [4.78, 5) is 4.10. The molecule has 1 aliphatic heterocycles. The van der Waals surface area contributed by atoms with Gasteiger partial charge in [-0.25, -0.2) is 31.3 Å². The van der Waals surface area contributed by atoms with Crippen LogP contribution in [0.4, 0.5) is 18.9 Å². The lowest BCUT2D eigenvalue weighted by molar-refractivity contribution is 0.579. The van der Waals surface area contributed by atoms with Crippen molar-refractivity contribution < 1.29 is 21.6 Å². The lowest BCUT2D eigenvalue weighted by Crippen LogP contribution is -2.41. The second-order valence-corrected chi connectivity index (χ2v) is 9.24. The Hall–Kier alpha value is -3.33. The molecule has 1 aliphatic rings. The molecule has 0 saturated heterocycles. The van der Waals surface area contributed by atoms with Crippen molar-refractivity contribution in [3.63, 3.8) is 0 Å². The van der Waals surface area contributed by atoms with Crippen molar-refractivity contribution in [3.05, 3.63) is 94.8 Å². The minimum Gasteiger partial charge on any atom is -0.324 e. The number of guanidine groups is 1. The topological polar surface area (TPSA) is 70.6 Å². The number of hydrogen-bond acceptors (Lipinski definition) is 3. The van der Waals surface area contributed by atoms with Gasteiger partial charge in [0.2, 0.25) is 5.96 Å². The van der Waals surface area contributed by atoms with Crippen molar-refractivity contribution in [2.75, 3.05) is 5.32 Å². The van der Waals surface area contributed by atoms with Crippen LogP contribution in [0.1, 0.15) is 29.5 Å². The van der Waals surface area contributed by atoms with Crippen molar-refractivity contribution in [2.45, 2.75) is 30.7 Å². The van der Waals surface area contributed by atoms with Crippen LogP contribution in [0.5, 0.6) is 0 Å². The normalized spacial score (nSPS) is 16.7. The number of hydrogen-bond donors (Lipinski definition) is 2. The fraction of sp³-hybridized carbons (Fsp3) is 0.174. The Morgan fingerprint density at radius 1 is 0.938 bits per heavy atom. The van der Waals surface area contributed by atoms with Crippen LogP contribution in [0, 0.1) is 17.5 Å². The molecule has 1 atom stereocenters. The summed E-state index contributed by atoms with van der Waals surface area (Å²) in [5.41, 5.74) is 1.63. The van der Waals surface area contributed by atoms with Gasteiger partial charge in [-0.3, -0.25) is 0 Å². The van der Waals surface area contributed by atoms with E-state index in [-0.39, 0.29) is 34.5 Å². The Morgan fingerprint density at radius 2 is 1.69 bits per heavy atom. The second kappa shape index (κ2) is 8.66. The summed E-state index contributed by atoms with van der Waals surface area (Å²) in [5.74, 6) is -1.86. The molecule has 9 heteroatoms. The SMILES string of the molecule is C[C@H](Cc1ccc(F)cc1)c1c(F)ccc2c1NC(=NCc1cccc(F)c1)NS2(=O)=O. The zero-order chi connectivity index (χ0) is 22.9. The highest BCUT2D eigenvalue weighted by molar-refractivity contribution is 7.90. The molecule has 0 fully saturated rings. The maximum atomic E-state index is 14.9. The molecule has 0 saturated carbocycles. The van der Waals surface area contributed by atoms with Gasteiger partial charge < -0.3 is 5.32 Å². The first-order valence-corrected chi connectivity index (χ1v) is 11.4. The fourth-order valence-electron chi connectivity index (χ4n) is 3.69. The van der Waals surface area contributed by atoms with E-state index in [9.17, 15) is 21.6 Å². The summed E-state index contributed by atoms with van der Waals surface area (Å²) in [6.45, 7) is 1.79. The molecular formula is C23H20F3N3O2S. The largest absolute Gasteiger partial charge is 0.324 e. The summed E-state index contributed by atoms with van der Waals surface area (Å²) in [6.07, 6.45) is 0.374. The molecular weight excluding hydrogens is 439 g/mol. The summed E-state index contributed by atoms with van der Waals surface area (Å²) < 4.78 is 69.4. The van der Waals surface area contributed by atoms with Crippen LogP contribution in [-0.2, 0) is 23.0 Å². The molecule has 3 aromatic carbocycles. The summed E-state index contributed by atoms with van der Waals surface area (Å²) in [6, 6.07) is 14.0. The molecule has 5 nitrogen and oxygen atoms in total. The van der Waals surface area contributed by atoms with E-state index in [0.717, 1.165) is 11.6 Å². The smallest absolute Gasteiger partial charge is 0.266 e. The molecule has 0 amide bonds. The molecule has 32 heavy (non-hydrogen) atoms. The minimum absolute atomic E-state index is 0.0216. The molecule has 2 N–H and O–H groups in total. The maximum absolute atomic E-state index is 14.9. The third-order valence-electron chi connectivity index (χ3n) is 5.17. The molecule has 1 heterocycles. The standard InChI is InChI=1S/C23H20F3N3O2S/c1-14(11-15-5-7-17(24)8-6-15)21-19(26)9-10-20-22(21)28-23(29-32(20,30)31)27-13-16-3-2-4-18(25)12-16/h2-10,12,14H,11,13H2,1H3,(H2,27,28,29)/t14-/m1/s1. The van der Waals surface area contributed by atoms with E-state index in [1.165, 1.54) is 36.4 Å². The number of fused-ring (bicyclic) bond motifs is 1. The first kappa shape index (κ1) is 21.9. The third kappa shape index (κ3) is 4.62. The van der Waals surface area contributed by atoms with Gasteiger partial charge in [-0.2, -0.15) is 0 Å². The highest BCUT2D eigenvalue weighted by Gasteiger charge is 2.31. The number of benzene rings is 3. The predicted octanol–water partition coefficient (Wildman–Crippen LogP) is 4.71. The van der Waals surface area contributed by atoms with Gasteiger partial charge in [0.25, 0.3) is 10.0 Å². The zero-order valence-electron chi connectivity index (χ0n) is 17.1. The molecule has 4 rings (SSSR count). The molecule has 3 aromatic rings. The van der Waals surface area contributed by atoms with E-state index in [0.29, 0.717) is 12.0 Å². The van der Waals surface area contributed by atoms with Gasteiger partial charge in [0.15, 0.2) is 0 Å². The van der Waals surface area contributed by atoms with Crippen LogP contribution in [0.25, 0.3) is 0 Å². The van der Waals surface area contributed by atoms with Gasteiger partial charge in [-0.1, -0.05) is 31.2 Å². The van der Waals surface area contributed by atoms with Crippen LogP contribution in [-0.4, -0.2) is 14.4 Å². The number of rotatable bonds is 5. The number of nitrogens with one attached hydrogen (secondary N) is 2. The Bertz CT molecular complexity index is 1290. The molecule has 0 spiro atoms. The van der Waals surface area contributed by atoms with Crippen molar-refractivity contribution in [3.8, 4) is 0 Å². The second-order valence-electron chi connectivity index (χ2n) is 7.59. The number of nitrogens with zero attached hydrogens (tertiary/aromatic N) is 1. The number of aliphatic imine (C=N–C) groups is 1. The highest BCUT2D eigenvalue weighted by Crippen LogP contribution is 2.36. The lowest BCUT2D eigenvalue weighted by atomic mass is 9.92. The van der Waals surface area contributed by atoms with Gasteiger partial charge in [-0.15, -0.1) is 0 Å². The minimum atomic E-state index is -3.99. The van der Waals surface area contributed by atoms with Crippen molar-refractivity contribution >= 4 is 21.7 Å². The van der Waals surface area contributed by atoms with Crippen LogP contribution in [0.2, 0.25) is 0 Å². The van der Waals surface area contributed by atoms with E-state index in [4.69, 9.17) is 0 Å². The van der Waals surface area contributed by atoms with Crippen LogP contribution < -0.4 is 10.0 Å². The van der Waals surface area contributed by atoms with Crippen molar-refractivity contribution in [1.29, 1.82) is 0 Å². The molecule has 0 aliphatic carbocycles. The van der Waals surface area contributed by atoms with Crippen molar-refractivity contribution in [2.24, 2.45) is 4.99 Å². The molecule has 0 radical (unpaired) electrons. The summed E-state index contributed by atoms with van der Waals surface area (Å²) in [5, 5.41) is 2.89. The fourth-order valence-corrected chi connectivity index (χ4v) is 4.85. The van der Waals surface area contributed by atoms with E-state index < -0.39 is 27.6 Å². The number of halogens is 3. The first-order valence-electron chi connectivity index (χ1n) is 9.88. The monoisotopic (exact) mass is 459 g/mol. The number of anilines is 1. The Balaban J connectivity index is 1.68. The molecule has 166 valence electrons. The Labute approximate surface area is 184 Å². The predicted molar refractivity (Wildman–Crippen MR) is 116 cm³/mol. The highest BCUT2D eigenvalue weighted by atomic mass is 32.2. The van der Waals surface area contributed by atoms with E-state index in [1.54, 1.807) is 25.1 Å². The van der Waals surface area contributed by atoms with Gasteiger partial charge in [0.1, 0.15) is 22.3 Å². The third-order valence-corrected chi connectivity index (χ3v) is 6.56.